The molecule has 2 aliphatic rings. The van der Waals surface area contributed by atoms with E-state index >= 15 is 0 Å². The van der Waals surface area contributed by atoms with Crippen LogP contribution < -0.4 is 14.8 Å². The molecule has 0 spiro atoms. The Hall–Kier alpha value is -1.56. The van der Waals surface area contributed by atoms with Crippen molar-refractivity contribution in [3.8, 4) is 11.5 Å². The van der Waals surface area contributed by atoms with Crippen molar-refractivity contribution < 1.29 is 19.1 Å². The Morgan fingerprint density at radius 3 is 2.80 bits per heavy atom. The second-order valence-electron chi connectivity index (χ2n) is 5.04. The van der Waals surface area contributed by atoms with Gasteiger partial charge in [-0.05, 0) is 33.6 Å². The van der Waals surface area contributed by atoms with Gasteiger partial charge < -0.3 is 9.47 Å². The normalized spacial score (nSPS) is 25.3. The average molecular weight is 340 g/mol. The van der Waals surface area contributed by atoms with Crippen molar-refractivity contribution in [3.05, 3.63) is 22.2 Å². The van der Waals surface area contributed by atoms with Crippen molar-refractivity contribution in [1.29, 1.82) is 0 Å². The van der Waals surface area contributed by atoms with E-state index in [4.69, 9.17) is 9.47 Å². The number of ether oxygens (including phenoxy) is 2. The number of fused-ring (bicyclic) bond motifs is 1. The molecule has 6 heteroatoms. The van der Waals surface area contributed by atoms with Gasteiger partial charge in [-0.1, -0.05) is 6.92 Å². The summed E-state index contributed by atoms with van der Waals surface area (Å²) in [4.78, 5) is 23.3. The lowest BCUT2D eigenvalue weighted by Crippen LogP contribution is -2.43. The first kappa shape index (κ1) is 13.4. The zero-order chi connectivity index (χ0) is 14.3. The third kappa shape index (κ3) is 2.28. The highest BCUT2D eigenvalue weighted by Gasteiger charge is 2.34. The van der Waals surface area contributed by atoms with E-state index in [1.807, 2.05) is 19.1 Å². The summed E-state index contributed by atoms with van der Waals surface area (Å²) in [5.41, 5.74) is 0.914. The largest absolute Gasteiger partial charge is 0.486 e. The van der Waals surface area contributed by atoms with Crippen LogP contribution in [-0.2, 0) is 9.59 Å². The Kier molecular flexibility index (Phi) is 3.41. The molecule has 2 unspecified atom stereocenters. The number of rotatable bonds is 1. The molecular formula is C14H14BrNO4. The van der Waals surface area contributed by atoms with Gasteiger partial charge in [-0.2, -0.15) is 0 Å². The fourth-order valence-electron chi connectivity index (χ4n) is 2.61. The van der Waals surface area contributed by atoms with E-state index in [2.05, 4.69) is 21.2 Å². The van der Waals surface area contributed by atoms with E-state index in [9.17, 15) is 9.59 Å². The van der Waals surface area contributed by atoms with Crippen molar-refractivity contribution >= 4 is 27.7 Å². The van der Waals surface area contributed by atoms with Crippen LogP contribution in [0.3, 0.4) is 0 Å². The first-order valence-electron chi connectivity index (χ1n) is 6.49. The van der Waals surface area contributed by atoms with Gasteiger partial charge in [-0.15, -0.1) is 0 Å². The van der Waals surface area contributed by atoms with Crippen LogP contribution in [0.5, 0.6) is 11.5 Å². The third-order valence-corrected chi connectivity index (χ3v) is 4.32. The van der Waals surface area contributed by atoms with Gasteiger partial charge in [-0.3, -0.25) is 14.9 Å². The number of carbonyl (C=O) groups is 2. The van der Waals surface area contributed by atoms with Crippen molar-refractivity contribution in [3.63, 3.8) is 0 Å². The highest BCUT2D eigenvalue weighted by Crippen LogP contribution is 2.42. The van der Waals surface area contributed by atoms with Crippen LogP contribution in [0.2, 0.25) is 0 Å². The lowest BCUT2D eigenvalue weighted by atomic mass is 9.81. The van der Waals surface area contributed by atoms with Crippen LogP contribution in [0.4, 0.5) is 0 Å². The summed E-state index contributed by atoms with van der Waals surface area (Å²) in [7, 11) is 0. The Morgan fingerprint density at radius 1 is 1.25 bits per heavy atom. The number of halogens is 1. The summed E-state index contributed by atoms with van der Waals surface area (Å²) < 4.78 is 11.9. The zero-order valence-corrected chi connectivity index (χ0v) is 12.5. The van der Waals surface area contributed by atoms with Gasteiger partial charge in [0.2, 0.25) is 11.8 Å². The van der Waals surface area contributed by atoms with Gasteiger partial charge in [0.15, 0.2) is 11.5 Å². The fourth-order valence-corrected chi connectivity index (χ4v) is 3.19. The molecular weight excluding hydrogens is 326 g/mol. The molecule has 2 amide bonds. The molecule has 0 aromatic heterocycles. The van der Waals surface area contributed by atoms with Crippen LogP contribution in [0.15, 0.2) is 16.6 Å². The molecule has 0 aliphatic carbocycles. The van der Waals surface area contributed by atoms with Gasteiger partial charge in [-0.25, -0.2) is 0 Å². The molecule has 0 saturated carbocycles. The standard InChI is InChI=1S/C14H14BrNO4/c1-7-9(6-12(17)16-14(7)18)8-4-10(15)13-11(5-8)19-2-3-20-13/h4-5,7,9H,2-3,6H2,1H3,(H,16,17,18). The van der Waals surface area contributed by atoms with Gasteiger partial charge in [0.25, 0.3) is 0 Å². The van der Waals surface area contributed by atoms with E-state index in [0.29, 0.717) is 31.1 Å². The summed E-state index contributed by atoms with van der Waals surface area (Å²) >= 11 is 3.46. The number of benzene rings is 1. The SMILES string of the molecule is CC1C(=O)NC(=O)CC1c1cc(Br)c2c(c1)OCCO2. The summed E-state index contributed by atoms with van der Waals surface area (Å²) in [5.74, 6) is 0.498. The Morgan fingerprint density at radius 2 is 2.00 bits per heavy atom. The molecule has 1 aromatic carbocycles. The van der Waals surface area contributed by atoms with Crippen molar-refractivity contribution in [1.82, 2.24) is 5.32 Å². The highest BCUT2D eigenvalue weighted by molar-refractivity contribution is 9.10. The topological polar surface area (TPSA) is 64.6 Å². The van der Waals surface area contributed by atoms with Crippen LogP contribution in [0.25, 0.3) is 0 Å². The minimum atomic E-state index is -0.248. The quantitative estimate of drug-likeness (QED) is 0.794. The summed E-state index contributed by atoms with van der Waals surface area (Å²) in [5, 5.41) is 2.36. The van der Waals surface area contributed by atoms with E-state index in [1.54, 1.807) is 0 Å². The number of carbonyl (C=O) groups excluding carboxylic acids is 2. The summed E-state index contributed by atoms with van der Waals surface area (Å²) in [6.07, 6.45) is 0.305. The minimum Gasteiger partial charge on any atom is -0.486 e. The van der Waals surface area contributed by atoms with Gasteiger partial charge >= 0.3 is 0 Å². The number of nitrogens with one attached hydrogen (secondary N) is 1. The molecule has 0 radical (unpaired) electrons. The van der Waals surface area contributed by atoms with E-state index in [0.717, 1.165) is 10.0 Å². The van der Waals surface area contributed by atoms with Gasteiger partial charge in [0.1, 0.15) is 13.2 Å². The monoisotopic (exact) mass is 339 g/mol. The number of imide groups is 1. The van der Waals surface area contributed by atoms with Crippen molar-refractivity contribution in [2.24, 2.45) is 5.92 Å². The molecule has 2 heterocycles. The fraction of sp³-hybridized carbons (Fsp3) is 0.429. The molecule has 0 bridgehead atoms. The smallest absolute Gasteiger partial charge is 0.230 e. The molecule has 2 aliphatic heterocycles. The maximum atomic E-state index is 11.8. The molecule has 1 saturated heterocycles. The maximum Gasteiger partial charge on any atom is 0.230 e. The molecule has 106 valence electrons. The maximum absolute atomic E-state index is 11.8. The predicted octanol–water partition coefficient (Wildman–Crippen LogP) is 1.99. The molecule has 1 fully saturated rings. The van der Waals surface area contributed by atoms with Crippen LogP contribution in [0, 0.1) is 5.92 Å². The van der Waals surface area contributed by atoms with E-state index in [-0.39, 0.29) is 23.7 Å². The Balaban J connectivity index is 1.99. The molecule has 1 N–H and O–H groups in total. The van der Waals surface area contributed by atoms with Gasteiger partial charge in [0.05, 0.1) is 4.47 Å². The summed E-state index contributed by atoms with van der Waals surface area (Å²) in [6, 6.07) is 3.77. The summed E-state index contributed by atoms with van der Waals surface area (Å²) in [6.45, 7) is 2.85. The first-order valence-corrected chi connectivity index (χ1v) is 7.28. The van der Waals surface area contributed by atoms with Crippen LogP contribution >= 0.6 is 15.9 Å². The molecule has 2 atom stereocenters. The van der Waals surface area contributed by atoms with Crippen molar-refractivity contribution in [2.75, 3.05) is 13.2 Å². The highest BCUT2D eigenvalue weighted by atomic mass is 79.9. The Labute approximate surface area is 124 Å². The number of hydrogen-bond acceptors (Lipinski definition) is 4. The number of piperidine rings is 1. The van der Waals surface area contributed by atoms with E-state index in [1.165, 1.54) is 0 Å². The second-order valence-corrected chi connectivity index (χ2v) is 5.89. The second kappa shape index (κ2) is 5.09. The predicted molar refractivity (Wildman–Crippen MR) is 74.8 cm³/mol. The number of amides is 2. The Bertz CT molecular complexity index is 587. The van der Waals surface area contributed by atoms with Crippen LogP contribution in [0.1, 0.15) is 24.8 Å². The number of hydrogen-bond donors (Lipinski definition) is 1. The molecule has 20 heavy (non-hydrogen) atoms. The molecule has 1 aromatic rings. The lowest BCUT2D eigenvalue weighted by Gasteiger charge is -2.29. The lowest BCUT2D eigenvalue weighted by molar-refractivity contribution is -0.136. The molecule has 5 nitrogen and oxygen atoms in total. The minimum absolute atomic E-state index is 0.136. The van der Waals surface area contributed by atoms with Gasteiger partial charge in [0, 0.05) is 18.3 Å². The van der Waals surface area contributed by atoms with Crippen molar-refractivity contribution in [2.45, 2.75) is 19.3 Å². The third-order valence-electron chi connectivity index (χ3n) is 3.73. The molecule has 3 rings (SSSR count). The zero-order valence-electron chi connectivity index (χ0n) is 10.9. The van der Waals surface area contributed by atoms with Crippen LogP contribution in [-0.4, -0.2) is 25.0 Å². The average Bonchev–Trinajstić information content (AvgIpc) is 2.43. The van der Waals surface area contributed by atoms with E-state index < -0.39 is 0 Å². The first-order chi connectivity index (χ1) is 9.56.